The second-order valence-corrected chi connectivity index (χ2v) is 6.64. The summed E-state index contributed by atoms with van der Waals surface area (Å²) in [6.07, 6.45) is 1.01. The van der Waals surface area contributed by atoms with Gasteiger partial charge in [-0.25, -0.2) is 0 Å². The lowest BCUT2D eigenvalue weighted by molar-refractivity contribution is 0.153. The van der Waals surface area contributed by atoms with E-state index in [2.05, 4.69) is 32.9 Å². The zero-order valence-electron chi connectivity index (χ0n) is 12.9. The van der Waals surface area contributed by atoms with Gasteiger partial charge in [-0.1, -0.05) is 44.2 Å². The molecule has 0 N–H and O–H groups in total. The third-order valence-corrected chi connectivity index (χ3v) is 4.56. The van der Waals surface area contributed by atoms with Crippen molar-refractivity contribution in [3.05, 3.63) is 60.2 Å². The fourth-order valence-corrected chi connectivity index (χ4v) is 2.50. The van der Waals surface area contributed by atoms with Crippen molar-refractivity contribution >= 4 is 0 Å². The lowest BCUT2D eigenvalue weighted by atomic mass is 9.75. The van der Waals surface area contributed by atoms with Gasteiger partial charge in [-0.15, -0.1) is 0 Å². The molecule has 0 amide bonds. The normalized spacial score (nSPS) is 21.1. The van der Waals surface area contributed by atoms with Gasteiger partial charge < -0.3 is 9.47 Å². The number of benzene rings is 2. The predicted octanol–water partition coefficient (Wildman–Crippen LogP) is 4.84. The molecule has 110 valence electrons. The van der Waals surface area contributed by atoms with Crippen LogP contribution in [0.25, 0.3) is 0 Å². The topological polar surface area (TPSA) is 21.8 Å². The second kappa shape index (κ2) is 5.19. The van der Waals surface area contributed by atoms with Crippen LogP contribution >= 0.6 is 0 Å². The average Bonchev–Trinajstić information content (AvgIpc) is 3.22. The Bertz CT molecular complexity index is 595. The average molecular weight is 282 g/mol. The van der Waals surface area contributed by atoms with E-state index in [1.807, 2.05) is 42.5 Å². The molecule has 0 aliphatic carbocycles. The number of epoxide rings is 1. The molecule has 2 heteroatoms. The minimum absolute atomic E-state index is 0.0339. The molecule has 1 unspecified atom stereocenters. The third-order valence-electron chi connectivity index (χ3n) is 4.56. The number of hydrogen-bond acceptors (Lipinski definition) is 2. The van der Waals surface area contributed by atoms with Crippen molar-refractivity contribution in [1.82, 2.24) is 0 Å². The molecule has 0 bridgehead atoms. The molecule has 0 aromatic heterocycles. The molecule has 1 aliphatic heterocycles. The molecular formula is C19H22O2. The Labute approximate surface area is 126 Å². The monoisotopic (exact) mass is 282 g/mol. The highest BCUT2D eigenvalue weighted by atomic mass is 16.6. The first kappa shape index (κ1) is 14.2. The Kier molecular flexibility index (Phi) is 3.50. The Balaban J connectivity index is 1.67. The smallest absolute Gasteiger partial charge is 0.127 e. The molecule has 0 saturated carbocycles. The summed E-state index contributed by atoms with van der Waals surface area (Å²) in [5.41, 5.74) is 1.50. The molecule has 0 spiro atoms. The zero-order valence-corrected chi connectivity index (χ0v) is 12.9. The van der Waals surface area contributed by atoms with E-state index < -0.39 is 0 Å². The minimum Gasteiger partial charge on any atom is -0.457 e. The molecule has 21 heavy (non-hydrogen) atoms. The van der Waals surface area contributed by atoms with E-state index in [0.717, 1.165) is 24.5 Å². The molecule has 1 heterocycles. The quantitative estimate of drug-likeness (QED) is 0.732. The van der Waals surface area contributed by atoms with E-state index in [4.69, 9.17) is 9.47 Å². The summed E-state index contributed by atoms with van der Waals surface area (Å²) in [6, 6.07) is 18.2. The Morgan fingerprint density at radius 3 is 2.14 bits per heavy atom. The van der Waals surface area contributed by atoms with E-state index in [9.17, 15) is 0 Å². The van der Waals surface area contributed by atoms with Crippen LogP contribution in [0.5, 0.6) is 11.5 Å². The summed E-state index contributed by atoms with van der Waals surface area (Å²) in [5.74, 6) is 1.74. The van der Waals surface area contributed by atoms with Crippen molar-refractivity contribution in [2.24, 2.45) is 5.41 Å². The van der Waals surface area contributed by atoms with Crippen LogP contribution in [0, 0.1) is 5.41 Å². The summed E-state index contributed by atoms with van der Waals surface area (Å²) < 4.78 is 11.4. The van der Waals surface area contributed by atoms with Gasteiger partial charge in [0.25, 0.3) is 0 Å². The first-order valence-electron chi connectivity index (χ1n) is 7.44. The van der Waals surface area contributed by atoms with Gasteiger partial charge in [-0.3, -0.25) is 0 Å². The van der Waals surface area contributed by atoms with Crippen molar-refractivity contribution < 1.29 is 9.47 Å². The summed E-state index contributed by atoms with van der Waals surface area (Å²) in [5, 5.41) is 0. The SMILES string of the molecule is CC(C)(Cc1ccc(Oc2ccccc2)cc1)C1(C)CO1. The van der Waals surface area contributed by atoms with E-state index in [0.29, 0.717) is 0 Å². The van der Waals surface area contributed by atoms with Gasteiger partial charge >= 0.3 is 0 Å². The van der Waals surface area contributed by atoms with Gasteiger partial charge in [0, 0.05) is 0 Å². The van der Waals surface area contributed by atoms with Gasteiger partial charge in [0.15, 0.2) is 0 Å². The molecule has 1 aliphatic rings. The standard InChI is InChI=1S/C19H22O2/c1-18(2,19(3)14-20-19)13-15-9-11-17(12-10-15)21-16-7-5-4-6-8-16/h4-12H,13-14H2,1-3H3. The van der Waals surface area contributed by atoms with Crippen LogP contribution < -0.4 is 4.74 Å². The highest BCUT2D eigenvalue weighted by molar-refractivity contribution is 5.33. The van der Waals surface area contributed by atoms with E-state index in [-0.39, 0.29) is 11.0 Å². The Hall–Kier alpha value is -1.80. The first-order chi connectivity index (χ1) is 9.98. The molecular weight excluding hydrogens is 260 g/mol. The molecule has 0 radical (unpaired) electrons. The number of hydrogen-bond donors (Lipinski definition) is 0. The largest absolute Gasteiger partial charge is 0.457 e. The van der Waals surface area contributed by atoms with Crippen molar-refractivity contribution in [2.45, 2.75) is 32.8 Å². The Morgan fingerprint density at radius 2 is 1.57 bits per heavy atom. The lowest BCUT2D eigenvalue weighted by Gasteiger charge is -2.29. The fraction of sp³-hybridized carbons (Fsp3) is 0.368. The van der Waals surface area contributed by atoms with Crippen LogP contribution in [0.15, 0.2) is 54.6 Å². The highest BCUT2D eigenvalue weighted by Crippen LogP contribution is 2.46. The summed E-state index contributed by atoms with van der Waals surface area (Å²) in [4.78, 5) is 0. The molecule has 1 fully saturated rings. The van der Waals surface area contributed by atoms with Crippen LogP contribution in [0.3, 0.4) is 0 Å². The fourth-order valence-electron chi connectivity index (χ4n) is 2.50. The number of rotatable bonds is 5. The van der Waals surface area contributed by atoms with E-state index >= 15 is 0 Å². The van der Waals surface area contributed by atoms with Crippen molar-refractivity contribution in [2.75, 3.05) is 6.61 Å². The molecule has 1 atom stereocenters. The lowest BCUT2D eigenvalue weighted by Crippen LogP contribution is -2.32. The van der Waals surface area contributed by atoms with Gasteiger partial charge in [-0.05, 0) is 48.6 Å². The highest BCUT2D eigenvalue weighted by Gasteiger charge is 2.52. The Morgan fingerprint density at radius 1 is 1.00 bits per heavy atom. The van der Waals surface area contributed by atoms with Crippen LogP contribution in [0.2, 0.25) is 0 Å². The maximum atomic E-state index is 5.82. The minimum atomic E-state index is 0.0339. The van der Waals surface area contributed by atoms with Crippen LogP contribution in [-0.4, -0.2) is 12.2 Å². The van der Waals surface area contributed by atoms with Crippen molar-refractivity contribution in [1.29, 1.82) is 0 Å². The van der Waals surface area contributed by atoms with Gasteiger partial charge in [0.2, 0.25) is 0 Å². The molecule has 2 nitrogen and oxygen atoms in total. The zero-order chi connectivity index (χ0) is 14.9. The molecule has 2 aromatic rings. The van der Waals surface area contributed by atoms with Crippen LogP contribution in [0.1, 0.15) is 26.3 Å². The van der Waals surface area contributed by atoms with Gasteiger partial charge in [-0.2, -0.15) is 0 Å². The van der Waals surface area contributed by atoms with E-state index in [1.165, 1.54) is 5.56 Å². The van der Waals surface area contributed by atoms with Crippen molar-refractivity contribution in [3.8, 4) is 11.5 Å². The number of para-hydroxylation sites is 1. The van der Waals surface area contributed by atoms with Gasteiger partial charge in [0.1, 0.15) is 11.5 Å². The third kappa shape index (κ3) is 3.11. The molecule has 2 aromatic carbocycles. The maximum absolute atomic E-state index is 5.82. The van der Waals surface area contributed by atoms with Crippen molar-refractivity contribution in [3.63, 3.8) is 0 Å². The van der Waals surface area contributed by atoms with Crippen LogP contribution in [0.4, 0.5) is 0 Å². The molecule has 3 rings (SSSR count). The van der Waals surface area contributed by atoms with E-state index in [1.54, 1.807) is 0 Å². The second-order valence-electron chi connectivity index (χ2n) is 6.64. The number of ether oxygens (including phenoxy) is 2. The first-order valence-corrected chi connectivity index (χ1v) is 7.44. The summed E-state index contributed by atoms with van der Waals surface area (Å²) in [6.45, 7) is 7.61. The van der Waals surface area contributed by atoms with Crippen LogP contribution in [-0.2, 0) is 11.2 Å². The summed E-state index contributed by atoms with van der Waals surface area (Å²) >= 11 is 0. The van der Waals surface area contributed by atoms with Gasteiger partial charge in [0.05, 0.1) is 12.2 Å². The summed E-state index contributed by atoms with van der Waals surface area (Å²) in [7, 11) is 0. The maximum Gasteiger partial charge on any atom is 0.127 e. The predicted molar refractivity (Wildman–Crippen MR) is 84.8 cm³/mol. The molecule has 1 saturated heterocycles.